The van der Waals surface area contributed by atoms with Gasteiger partial charge in [0.2, 0.25) is 5.91 Å². The van der Waals surface area contributed by atoms with Crippen molar-refractivity contribution >= 4 is 21.6 Å². The van der Waals surface area contributed by atoms with Crippen LogP contribution in [0.3, 0.4) is 0 Å². The highest BCUT2D eigenvalue weighted by atomic mass is 32.2. The minimum atomic E-state index is -4.08. The SMILES string of the molecule is CCOc1ccccc1N(CC(=O)NC1CC(C)(C)Oc2ccc(OC)cc21)S(=O)(=O)c1ccccc1. The molecule has 1 aliphatic rings. The number of hydrogen-bond acceptors (Lipinski definition) is 6. The lowest BCUT2D eigenvalue weighted by Gasteiger charge is -2.38. The molecule has 1 amide bonds. The molecule has 0 spiro atoms. The molecule has 196 valence electrons. The zero-order valence-electron chi connectivity index (χ0n) is 21.4. The number of nitrogens with one attached hydrogen (secondary N) is 1. The topological polar surface area (TPSA) is 94.2 Å². The fourth-order valence-electron chi connectivity index (χ4n) is 4.42. The van der Waals surface area contributed by atoms with Crippen molar-refractivity contribution < 1.29 is 27.4 Å². The second-order valence-electron chi connectivity index (χ2n) is 9.32. The first-order valence-corrected chi connectivity index (χ1v) is 13.5. The smallest absolute Gasteiger partial charge is 0.264 e. The lowest BCUT2D eigenvalue weighted by molar-refractivity contribution is -0.120. The number of amides is 1. The summed E-state index contributed by atoms with van der Waals surface area (Å²) in [6.07, 6.45) is 0.500. The van der Waals surface area contributed by atoms with Crippen LogP contribution in [0.5, 0.6) is 17.2 Å². The number of ether oxygens (including phenoxy) is 3. The molecule has 4 rings (SSSR count). The molecule has 0 fully saturated rings. The molecule has 0 saturated heterocycles. The average Bonchev–Trinajstić information content (AvgIpc) is 2.87. The number of hydrogen-bond donors (Lipinski definition) is 1. The summed E-state index contributed by atoms with van der Waals surface area (Å²) in [5.74, 6) is 1.21. The van der Waals surface area contributed by atoms with Crippen LogP contribution in [0.25, 0.3) is 0 Å². The molecular formula is C28H32N2O6S. The largest absolute Gasteiger partial charge is 0.497 e. The van der Waals surface area contributed by atoms with Gasteiger partial charge in [0.05, 0.1) is 30.3 Å². The first-order chi connectivity index (χ1) is 17.6. The fraction of sp³-hybridized carbons (Fsp3) is 0.321. The first kappa shape index (κ1) is 26.3. The van der Waals surface area contributed by atoms with Gasteiger partial charge in [0.1, 0.15) is 29.4 Å². The van der Waals surface area contributed by atoms with Gasteiger partial charge in [-0.25, -0.2) is 8.42 Å². The summed E-state index contributed by atoms with van der Waals surface area (Å²) in [7, 11) is -2.50. The maximum atomic E-state index is 13.8. The van der Waals surface area contributed by atoms with Crippen LogP contribution in [0, 0.1) is 0 Å². The van der Waals surface area contributed by atoms with Crippen LogP contribution in [0.1, 0.15) is 38.8 Å². The number of fused-ring (bicyclic) bond motifs is 1. The molecular weight excluding hydrogens is 492 g/mol. The molecule has 0 saturated carbocycles. The summed E-state index contributed by atoms with van der Waals surface area (Å²) in [4.78, 5) is 13.6. The second kappa shape index (κ2) is 10.7. The van der Waals surface area contributed by atoms with E-state index in [0.717, 1.165) is 9.87 Å². The van der Waals surface area contributed by atoms with E-state index in [2.05, 4.69) is 5.32 Å². The lowest BCUT2D eigenvalue weighted by atomic mass is 9.89. The van der Waals surface area contributed by atoms with Gasteiger partial charge in [-0.2, -0.15) is 0 Å². The first-order valence-electron chi connectivity index (χ1n) is 12.1. The Balaban J connectivity index is 1.69. The van der Waals surface area contributed by atoms with E-state index in [-0.39, 0.29) is 10.6 Å². The summed E-state index contributed by atoms with van der Waals surface area (Å²) >= 11 is 0. The van der Waals surface area contributed by atoms with Crippen LogP contribution < -0.4 is 23.8 Å². The van der Waals surface area contributed by atoms with E-state index in [1.54, 1.807) is 55.6 Å². The van der Waals surface area contributed by atoms with E-state index in [1.165, 1.54) is 12.1 Å². The molecule has 37 heavy (non-hydrogen) atoms. The van der Waals surface area contributed by atoms with Crippen LogP contribution in [0.2, 0.25) is 0 Å². The maximum absolute atomic E-state index is 13.8. The van der Waals surface area contributed by atoms with Crippen molar-refractivity contribution in [3.8, 4) is 17.2 Å². The number of para-hydroxylation sites is 2. The van der Waals surface area contributed by atoms with Gasteiger partial charge >= 0.3 is 0 Å². The van der Waals surface area contributed by atoms with Gasteiger partial charge in [-0.05, 0) is 63.2 Å². The van der Waals surface area contributed by atoms with E-state index < -0.39 is 34.1 Å². The third-order valence-corrected chi connectivity index (χ3v) is 7.84. The number of anilines is 1. The number of benzene rings is 3. The molecule has 1 aliphatic heterocycles. The van der Waals surface area contributed by atoms with Crippen molar-refractivity contribution in [1.82, 2.24) is 5.32 Å². The third-order valence-electron chi connectivity index (χ3n) is 6.06. The number of carbonyl (C=O) groups excluding carboxylic acids is 1. The minimum Gasteiger partial charge on any atom is -0.497 e. The molecule has 8 nitrogen and oxygen atoms in total. The molecule has 3 aromatic carbocycles. The van der Waals surface area contributed by atoms with Crippen LogP contribution in [0.4, 0.5) is 5.69 Å². The highest BCUT2D eigenvalue weighted by Crippen LogP contribution is 2.41. The molecule has 1 heterocycles. The van der Waals surface area contributed by atoms with Gasteiger partial charge in [-0.15, -0.1) is 0 Å². The zero-order valence-corrected chi connectivity index (χ0v) is 22.2. The predicted molar refractivity (Wildman–Crippen MR) is 142 cm³/mol. The molecule has 1 unspecified atom stereocenters. The van der Waals surface area contributed by atoms with Gasteiger partial charge in [0.25, 0.3) is 10.0 Å². The Hall–Kier alpha value is -3.72. The van der Waals surface area contributed by atoms with E-state index >= 15 is 0 Å². The Bertz CT molecular complexity index is 1360. The summed E-state index contributed by atoms with van der Waals surface area (Å²) in [6.45, 7) is 5.63. The zero-order chi connectivity index (χ0) is 26.6. The predicted octanol–water partition coefficient (Wildman–Crippen LogP) is 4.71. The Morgan fingerprint density at radius 3 is 2.49 bits per heavy atom. The number of methoxy groups -OCH3 is 1. The molecule has 0 radical (unpaired) electrons. The van der Waals surface area contributed by atoms with Crippen LogP contribution >= 0.6 is 0 Å². The molecule has 0 aromatic heterocycles. The van der Waals surface area contributed by atoms with Gasteiger partial charge in [-0.3, -0.25) is 9.10 Å². The highest BCUT2D eigenvalue weighted by Gasteiger charge is 2.36. The van der Waals surface area contributed by atoms with Gasteiger partial charge < -0.3 is 19.5 Å². The molecule has 0 bridgehead atoms. The van der Waals surface area contributed by atoms with Crippen molar-refractivity contribution in [1.29, 1.82) is 0 Å². The fourth-order valence-corrected chi connectivity index (χ4v) is 5.87. The second-order valence-corrected chi connectivity index (χ2v) is 11.2. The maximum Gasteiger partial charge on any atom is 0.264 e. The van der Waals surface area contributed by atoms with Crippen molar-refractivity contribution in [3.05, 3.63) is 78.4 Å². The highest BCUT2D eigenvalue weighted by molar-refractivity contribution is 7.92. The molecule has 1 N–H and O–H groups in total. The monoisotopic (exact) mass is 524 g/mol. The van der Waals surface area contributed by atoms with Crippen LogP contribution in [-0.4, -0.2) is 40.2 Å². The average molecular weight is 525 g/mol. The molecule has 3 aromatic rings. The van der Waals surface area contributed by atoms with E-state index in [1.807, 2.05) is 32.9 Å². The van der Waals surface area contributed by atoms with E-state index in [0.29, 0.717) is 30.3 Å². The number of carbonyl (C=O) groups is 1. The lowest BCUT2D eigenvalue weighted by Crippen LogP contribution is -2.45. The Labute approximate surface area is 218 Å². The summed E-state index contributed by atoms with van der Waals surface area (Å²) in [6, 6.07) is 19.9. The minimum absolute atomic E-state index is 0.0800. The van der Waals surface area contributed by atoms with Crippen molar-refractivity contribution in [3.63, 3.8) is 0 Å². The Morgan fingerprint density at radius 2 is 1.78 bits per heavy atom. The van der Waals surface area contributed by atoms with E-state index in [4.69, 9.17) is 14.2 Å². The number of nitrogens with zero attached hydrogens (tertiary/aromatic N) is 1. The van der Waals surface area contributed by atoms with Crippen LogP contribution in [0.15, 0.2) is 77.7 Å². The molecule has 1 atom stereocenters. The number of sulfonamides is 1. The summed E-state index contributed by atoms with van der Waals surface area (Å²) in [5.41, 5.74) is 0.536. The molecule has 0 aliphatic carbocycles. The van der Waals surface area contributed by atoms with Gasteiger partial charge in [-0.1, -0.05) is 30.3 Å². The quantitative estimate of drug-likeness (QED) is 0.436. The van der Waals surface area contributed by atoms with Crippen molar-refractivity contribution in [2.45, 2.75) is 43.7 Å². The Kier molecular flexibility index (Phi) is 7.63. The summed E-state index contributed by atoms with van der Waals surface area (Å²) < 4.78 is 45.8. The normalized spacial score (nSPS) is 16.2. The summed E-state index contributed by atoms with van der Waals surface area (Å²) in [5, 5.41) is 3.04. The number of rotatable bonds is 9. The van der Waals surface area contributed by atoms with Gasteiger partial charge in [0, 0.05) is 12.0 Å². The van der Waals surface area contributed by atoms with Crippen LogP contribution in [-0.2, 0) is 14.8 Å². The Morgan fingerprint density at radius 1 is 1.08 bits per heavy atom. The standard InChI is InChI=1S/C28H32N2O6S/c1-5-35-26-14-10-9-13-24(26)30(37(32,33)21-11-7-6-8-12-21)19-27(31)29-23-18-28(2,3)36-25-16-15-20(34-4)17-22(23)25/h6-17,23H,5,18-19H2,1-4H3,(H,29,31). The molecule has 9 heteroatoms. The van der Waals surface area contributed by atoms with Crippen molar-refractivity contribution in [2.75, 3.05) is 24.6 Å². The van der Waals surface area contributed by atoms with Crippen molar-refractivity contribution in [2.24, 2.45) is 0 Å². The van der Waals surface area contributed by atoms with Gasteiger partial charge in [0.15, 0.2) is 0 Å². The van der Waals surface area contributed by atoms with E-state index in [9.17, 15) is 13.2 Å². The third kappa shape index (κ3) is 5.83.